The molecule has 0 spiro atoms. The molecule has 0 radical (unpaired) electrons. The first-order chi connectivity index (χ1) is 13.4. The largest absolute Gasteiger partial charge is 0.444 e. The Morgan fingerprint density at radius 1 is 1.18 bits per heavy atom. The molecular formula is C20H13BrClN3O3. The number of aromatic nitrogens is 2. The fourth-order valence-corrected chi connectivity index (χ4v) is 3.39. The van der Waals surface area contributed by atoms with E-state index < -0.39 is 5.91 Å². The summed E-state index contributed by atoms with van der Waals surface area (Å²) in [4.78, 5) is 29.8. The van der Waals surface area contributed by atoms with Gasteiger partial charge < -0.3 is 9.73 Å². The number of hydrogen-bond donors (Lipinski definition) is 1. The molecule has 0 unspecified atom stereocenters. The molecule has 140 valence electrons. The minimum Gasteiger partial charge on any atom is -0.444 e. The van der Waals surface area contributed by atoms with Crippen molar-refractivity contribution >= 4 is 50.0 Å². The van der Waals surface area contributed by atoms with Crippen LogP contribution in [0.3, 0.4) is 0 Å². The van der Waals surface area contributed by atoms with Crippen LogP contribution in [-0.4, -0.2) is 15.5 Å². The van der Waals surface area contributed by atoms with Gasteiger partial charge in [0.15, 0.2) is 10.4 Å². The van der Waals surface area contributed by atoms with Gasteiger partial charge in [-0.05, 0) is 65.3 Å². The van der Waals surface area contributed by atoms with Crippen LogP contribution in [0.2, 0.25) is 5.02 Å². The predicted octanol–water partition coefficient (Wildman–Crippen LogP) is 4.96. The number of furan rings is 1. The van der Waals surface area contributed by atoms with Crippen LogP contribution in [-0.2, 0) is 0 Å². The highest BCUT2D eigenvalue weighted by Gasteiger charge is 2.15. The number of anilines is 1. The van der Waals surface area contributed by atoms with E-state index in [1.165, 1.54) is 4.57 Å². The normalized spacial score (nSPS) is 11.0. The Kier molecular flexibility index (Phi) is 4.78. The number of carbonyl (C=O) groups is 1. The molecule has 2 heterocycles. The molecule has 0 aliphatic carbocycles. The van der Waals surface area contributed by atoms with E-state index in [9.17, 15) is 9.59 Å². The third-order valence-electron chi connectivity index (χ3n) is 4.20. The number of carbonyl (C=O) groups excluding carboxylic acids is 1. The summed E-state index contributed by atoms with van der Waals surface area (Å²) in [6.45, 7) is 1.75. The van der Waals surface area contributed by atoms with Crippen molar-refractivity contribution in [2.45, 2.75) is 6.92 Å². The number of hydrogen-bond acceptors (Lipinski definition) is 4. The molecule has 1 amide bonds. The van der Waals surface area contributed by atoms with Crippen molar-refractivity contribution in [1.29, 1.82) is 0 Å². The van der Waals surface area contributed by atoms with Crippen molar-refractivity contribution < 1.29 is 9.21 Å². The van der Waals surface area contributed by atoms with E-state index in [0.717, 1.165) is 0 Å². The van der Waals surface area contributed by atoms with Gasteiger partial charge in [-0.2, -0.15) is 0 Å². The molecule has 0 saturated carbocycles. The lowest BCUT2D eigenvalue weighted by atomic mass is 10.2. The number of aryl methyl sites for hydroxylation is 1. The molecule has 0 fully saturated rings. The maximum atomic E-state index is 13.0. The van der Waals surface area contributed by atoms with Crippen LogP contribution in [0.5, 0.6) is 0 Å². The van der Waals surface area contributed by atoms with E-state index in [-0.39, 0.29) is 11.3 Å². The number of halogens is 2. The summed E-state index contributed by atoms with van der Waals surface area (Å²) >= 11 is 9.40. The first-order valence-electron chi connectivity index (χ1n) is 8.29. The third-order valence-corrected chi connectivity index (χ3v) is 4.95. The lowest BCUT2D eigenvalue weighted by Crippen LogP contribution is -2.22. The van der Waals surface area contributed by atoms with Crippen LogP contribution in [0.1, 0.15) is 16.4 Å². The van der Waals surface area contributed by atoms with Crippen molar-refractivity contribution in [3.63, 3.8) is 0 Å². The van der Waals surface area contributed by atoms with E-state index in [1.807, 2.05) is 6.07 Å². The maximum absolute atomic E-state index is 13.0. The smallest absolute Gasteiger partial charge is 0.291 e. The third kappa shape index (κ3) is 3.34. The van der Waals surface area contributed by atoms with Crippen molar-refractivity contribution in [2.24, 2.45) is 0 Å². The highest BCUT2D eigenvalue weighted by Crippen LogP contribution is 2.26. The Balaban J connectivity index is 1.78. The summed E-state index contributed by atoms with van der Waals surface area (Å²) < 4.78 is 7.19. The lowest BCUT2D eigenvalue weighted by molar-refractivity contribution is 0.0995. The Morgan fingerprint density at radius 2 is 1.96 bits per heavy atom. The molecular weight excluding hydrogens is 446 g/mol. The molecule has 0 bridgehead atoms. The maximum Gasteiger partial charge on any atom is 0.291 e. The zero-order valence-electron chi connectivity index (χ0n) is 14.6. The highest BCUT2D eigenvalue weighted by molar-refractivity contribution is 9.10. The Bertz CT molecular complexity index is 1280. The molecule has 0 atom stereocenters. The summed E-state index contributed by atoms with van der Waals surface area (Å²) in [6.07, 6.45) is 0. The minimum absolute atomic E-state index is 0.133. The SMILES string of the molecule is Cc1nc2ccccc2c(=O)n1-c1ccc(Cl)c(NC(=O)c2ccc(Br)o2)c1. The molecule has 0 saturated heterocycles. The fourth-order valence-electron chi connectivity index (χ4n) is 2.92. The molecule has 2 aromatic heterocycles. The number of nitrogens with one attached hydrogen (secondary N) is 1. The molecule has 8 heteroatoms. The van der Waals surface area contributed by atoms with E-state index in [0.29, 0.717) is 37.8 Å². The summed E-state index contributed by atoms with van der Waals surface area (Å²) in [5.74, 6) is 0.206. The van der Waals surface area contributed by atoms with Crippen molar-refractivity contribution in [2.75, 3.05) is 5.32 Å². The standard InChI is InChI=1S/C20H13BrClN3O3/c1-11-23-15-5-3-2-4-13(15)20(27)25(11)12-6-7-14(22)16(10-12)24-19(26)17-8-9-18(21)28-17/h2-10H,1H3,(H,24,26). The van der Waals surface area contributed by atoms with E-state index in [4.69, 9.17) is 16.0 Å². The molecule has 0 aliphatic heterocycles. The van der Waals surface area contributed by atoms with Gasteiger partial charge >= 0.3 is 0 Å². The summed E-state index contributed by atoms with van der Waals surface area (Å²) in [5.41, 5.74) is 1.34. The van der Waals surface area contributed by atoms with Gasteiger partial charge in [0.2, 0.25) is 0 Å². The molecule has 0 aliphatic rings. The molecule has 6 nitrogen and oxygen atoms in total. The molecule has 4 rings (SSSR count). The zero-order valence-corrected chi connectivity index (χ0v) is 16.9. The average molecular weight is 459 g/mol. The van der Waals surface area contributed by atoms with Gasteiger partial charge in [0.25, 0.3) is 11.5 Å². The van der Waals surface area contributed by atoms with Crippen LogP contribution in [0.4, 0.5) is 5.69 Å². The fraction of sp³-hybridized carbons (Fsp3) is 0.0500. The number of amides is 1. The molecule has 1 N–H and O–H groups in total. The summed E-state index contributed by atoms with van der Waals surface area (Å²) in [6, 6.07) is 15.3. The molecule has 2 aromatic carbocycles. The van der Waals surface area contributed by atoms with Crippen molar-refractivity contribution in [1.82, 2.24) is 9.55 Å². The highest BCUT2D eigenvalue weighted by atomic mass is 79.9. The number of para-hydroxylation sites is 1. The summed E-state index contributed by atoms with van der Waals surface area (Å²) in [5, 5.41) is 3.55. The van der Waals surface area contributed by atoms with E-state index >= 15 is 0 Å². The quantitative estimate of drug-likeness (QED) is 0.471. The van der Waals surface area contributed by atoms with Gasteiger partial charge in [-0.1, -0.05) is 23.7 Å². The van der Waals surface area contributed by atoms with Gasteiger partial charge in [-0.15, -0.1) is 0 Å². The second kappa shape index (κ2) is 7.26. The van der Waals surface area contributed by atoms with Crippen LogP contribution in [0.25, 0.3) is 16.6 Å². The predicted molar refractivity (Wildman–Crippen MR) is 111 cm³/mol. The van der Waals surface area contributed by atoms with Crippen LogP contribution in [0.15, 0.2) is 68.5 Å². The number of fused-ring (bicyclic) bond motifs is 1. The Hall–Kier alpha value is -2.90. The number of rotatable bonds is 3. The minimum atomic E-state index is -0.453. The molecule has 4 aromatic rings. The summed E-state index contributed by atoms with van der Waals surface area (Å²) in [7, 11) is 0. The monoisotopic (exact) mass is 457 g/mol. The first kappa shape index (κ1) is 18.5. The Labute approximate surface area is 172 Å². The van der Waals surface area contributed by atoms with E-state index in [2.05, 4.69) is 26.2 Å². The van der Waals surface area contributed by atoms with Crippen molar-refractivity contribution in [3.8, 4) is 5.69 Å². The van der Waals surface area contributed by atoms with Crippen LogP contribution in [0, 0.1) is 6.92 Å². The average Bonchev–Trinajstić information content (AvgIpc) is 3.11. The van der Waals surface area contributed by atoms with Gasteiger partial charge in [-0.25, -0.2) is 4.98 Å². The van der Waals surface area contributed by atoms with E-state index in [1.54, 1.807) is 55.5 Å². The second-order valence-corrected chi connectivity index (χ2v) is 7.23. The van der Waals surface area contributed by atoms with Crippen LogP contribution >= 0.6 is 27.5 Å². The zero-order chi connectivity index (χ0) is 19.8. The van der Waals surface area contributed by atoms with Crippen molar-refractivity contribution in [3.05, 3.63) is 86.2 Å². The van der Waals surface area contributed by atoms with Gasteiger partial charge in [0, 0.05) is 0 Å². The van der Waals surface area contributed by atoms with Gasteiger partial charge in [0.1, 0.15) is 5.82 Å². The topological polar surface area (TPSA) is 77.1 Å². The van der Waals surface area contributed by atoms with Crippen LogP contribution < -0.4 is 10.9 Å². The molecule has 28 heavy (non-hydrogen) atoms. The first-order valence-corrected chi connectivity index (χ1v) is 9.46. The number of benzene rings is 2. The lowest BCUT2D eigenvalue weighted by Gasteiger charge is -2.13. The van der Waals surface area contributed by atoms with Gasteiger partial charge in [0.05, 0.1) is 27.3 Å². The number of nitrogens with zero attached hydrogens (tertiary/aromatic N) is 2. The van der Waals surface area contributed by atoms with Gasteiger partial charge in [-0.3, -0.25) is 14.2 Å². The Morgan fingerprint density at radius 3 is 2.71 bits per heavy atom. The second-order valence-electron chi connectivity index (χ2n) is 6.04.